The van der Waals surface area contributed by atoms with Crippen molar-refractivity contribution in [3.8, 4) is 5.75 Å². The van der Waals surface area contributed by atoms with Crippen molar-refractivity contribution >= 4 is 16.7 Å². The van der Waals surface area contributed by atoms with Crippen molar-refractivity contribution in [1.29, 1.82) is 0 Å². The molecule has 2 aromatic rings. The molecule has 1 atom stereocenters. The van der Waals surface area contributed by atoms with Gasteiger partial charge in [-0.25, -0.2) is 4.39 Å². The summed E-state index contributed by atoms with van der Waals surface area (Å²) in [6, 6.07) is 9.55. The van der Waals surface area contributed by atoms with Crippen molar-refractivity contribution in [2.75, 3.05) is 13.1 Å². The number of likely N-dealkylation sites (tertiary alicyclic amines) is 1. The fourth-order valence-corrected chi connectivity index (χ4v) is 5.32. The normalized spacial score (nSPS) is 23.7. The van der Waals surface area contributed by atoms with E-state index in [1.54, 1.807) is 6.07 Å². The molecule has 0 amide bonds. The van der Waals surface area contributed by atoms with E-state index in [4.69, 9.17) is 4.74 Å². The second-order valence-electron chi connectivity index (χ2n) is 9.61. The number of fused-ring (bicyclic) bond motifs is 1. The van der Waals surface area contributed by atoms with Crippen molar-refractivity contribution in [3.63, 3.8) is 0 Å². The van der Waals surface area contributed by atoms with Crippen LogP contribution in [0.5, 0.6) is 5.75 Å². The van der Waals surface area contributed by atoms with E-state index in [0.717, 1.165) is 16.3 Å². The third kappa shape index (κ3) is 5.32. The van der Waals surface area contributed by atoms with Crippen LogP contribution in [0.2, 0.25) is 0 Å². The van der Waals surface area contributed by atoms with Crippen LogP contribution in [0.15, 0.2) is 30.3 Å². The molecule has 2 aliphatic rings. The number of hydrogen-bond donors (Lipinski definition) is 1. The van der Waals surface area contributed by atoms with Crippen LogP contribution < -0.4 is 4.74 Å². The van der Waals surface area contributed by atoms with Gasteiger partial charge in [-0.05, 0) is 87.0 Å². The zero-order valence-electron chi connectivity index (χ0n) is 19.3. The van der Waals surface area contributed by atoms with E-state index in [2.05, 4.69) is 11.8 Å². The third-order valence-electron chi connectivity index (χ3n) is 7.59. The van der Waals surface area contributed by atoms with E-state index in [9.17, 15) is 27.5 Å². The van der Waals surface area contributed by atoms with Crippen molar-refractivity contribution in [3.05, 3.63) is 41.5 Å². The van der Waals surface area contributed by atoms with Crippen LogP contribution in [0.1, 0.15) is 62.6 Å². The Morgan fingerprint density at radius 1 is 1.09 bits per heavy atom. The zero-order chi connectivity index (χ0) is 24.5. The van der Waals surface area contributed by atoms with Crippen molar-refractivity contribution in [2.45, 2.75) is 70.4 Å². The summed E-state index contributed by atoms with van der Waals surface area (Å²) < 4.78 is 59.1. The smallest absolute Gasteiger partial charge is 0.391 e. The number of nitrogens with zero attached hydrogens (tertiary/aromatic N) is 1. The molecule has 1 aliphatic carbocycles. The number of carbonyl (C=O) groups is 1. The molecule has 1 aliphatic heterocycles. The first kappa shape index (κ1) is 24.8. The summed E-state index contributed by atoms with van der Waals surface area (Å²) >= 11 is 0. The SMILES string of the molecule is CC(c1ccc2ccc(O[C@H]3CC[C@@H](C(F)(F)F)CC3)c(CF)c2c1)N1CCC(C(=O)O)CC1. The van der Waals surface area contributed by atoms with Crippen LogP contribution in [0.3, 0.4) is 0 Å². The Morgan fingerprint density at radius 2 is 1.74 bits per heavy atom. The Labute approximate surface area is 196 Å². The molecule has 1 N–H and O–H groups in total. The fourth-order valence-electron chi connectivity index (χ4n) is 5.32. The second-order valence-corrected chi connectivity index (χ2v) is 9.61. The van der Waals surface area contributed by atoms with Crippen LogP contribution in [0.25, 0.3) is 10.8 Å². The lowest BCUT2D eigenvalue weighted by Crippen LogP contribution is -2.37. The van der Waals surface area contributed by atoms with Gasteiger partial charge in [0.15, 0.2) is 0 Å². The van der Waals surface area contributed by atoms with E-state index < -0.39 is 24.7 Å². The Balaban J connectivity index is 1.51. The topological polar surface area (TPSA) is 49.8 Å². The minimum atomic E-state index is -4.17. The van der Waals surface area contributed by atoms with E-state index >= 15 is 0 Å². The van der Waals surface area contributed by atoms with Gasteiger partial charge < -0.3 is 9.84 Å². The van der Waals surface area contributed by atoms with E-state index in [1.807, 2.05) is 24.3 Å². The predicted octanol–water partition coefficient (Wildman–Crippen LogP) is 6.67. The minimum absolute atomic E-state index is 0.0347. The quantitative estimate of drug-likeness (QED) is 0.469. The molecule has 2 fully saturated rings. The molecule has 1 saturated carbocycles. The number of aliphatic carboxylic acids is 1. The Kier molecular flexibility index (Phi) is 7.36. The highest BCUT2D eigenvalue weighted by atomic mass is 19.4. The molecule has 0 radical (unpaired) electrons. The number of ether oxygens (including phenoxy) is 1. The summed E-state index contributed by atoms with van der Waals surface area (Å²) in [4.78, 5) is 13.5. The summed E-state index contributed by atoms with van der Waals surface area (Å²) in [5, 5.41) is 10.9. The first-order valence-electron chi connectivity index (χ1n) is 12.0. The van der Waals surface area contributed by atoms with Crippen LogP contribution in [0.4, 0.5) is 17.6 Å². The summed E-state index contributed by atoms with van der Waals surface area (Å²) in [5.41, 5.74) is 1.44. The van der Waals surface area contributed by atoms with Gasteiger partial charge in [0.05, 0.1) is 17.9 Å². The summed E-state index contributed by atoms with van der Waals surface area (Å²) in [5.74, 6) is -1.93. The zero-order valence-corrected chi connectivity index (χ0v) is 19.3. The monoisotopic (exact) mass is 481 g/mol. The largest absolute Gasteiger partial charge is 0.490 e. The summed E-state index contributed by atoms with van der Waals surface area (Å²) in [7, 11) is 0. The average molecular weight is 482 g/mol. The average Bonchev–Trinajstić information content (AvgIpc) is 2.83. The molecule has 8 heteroatoms. The molecule has 0 bridgehead atoms. The predicted molar refractivity (Wildman–Crippen MR) is 122 cm³/mol. The third-order valence-corrected chi connectivity index (χ3v) is 7.59. The second kappa shape index (κ2) is 10.1. The molecule has 1 heterocycles. The Bertz CT molecular complexity index is 1010. The Hall–Kier alpha value is -2.35. The molecule has 0 aromatic heterocycles. The highest BCUT2D eigenvalue weighted by Crippen LogP contribution is 2.40. The number of hydrogen-bond acceptors (Lipinski definition) is 3. The number of halogens is 4. The van der Waals surface area contributed by atoms with Gasteiger partial charge in [-0.3, -0.25) is 9.69 Å². The number of benzene rings is 2. The highest BCUT2D eigenvalue weighted by molar-refractivity contribution is 5.88. The maximum Gasteiger partial charge on any atom is 0.391 e. The first-order valence-corrected chi connectivity index (χ1v) is 12.0. The van der Waals surface area contributed by atoms with E-state index in [1.165, 1.54) is 0 Å². The maximum absolute atomic E-state index is 14.2. The number of piperidine rings is 1. The van der Waals surface area contributed by atoms with E-state index in [0.29, 0.717) is 50.1 Å². The standard InChI is InChI=1S/C26H31F4NO3/c1-16(31-12-10-18(11-13-31)25(32)33)19-3-2-17-4-9-24(23(15-27)22(17)14-19)34-21-7-5-20(6-8-21)26(28,29)30/h2-4,9,14,16,18,20-21H,5-8,10-13,15H2,1H3,(H,32,33)/t16?,20-,21+. The van der Waals surface area contributed by atoms with Crippen molar-refractivity contribution in [1.82, 2.24) is 4.90 Å². The molecule has 186 valence electrons. The van der Waals surface area contributed by atoms with Gasteiger partial charge in [-0.2, -0.15) is 13.2 Å². The van der Waals surface area contributed by atoms with Crippen LogP contribution in [0, 0.1) is 11.8 Å². The lowest BCUT2D eigenvalue weighted by molar-refractivity contribution is -0.185. The number of rotatable bonds is 6. The maximum atomic E-state index is 14.2. The van der Waals surface area contributed by atoms with Gasteiger partial charge in [0.25, 0.3) is 0 Å². The lowest BCUT2D eigenvalue weighted by Gasteiger charge is -2.35. The summed E-state index contributed by atoms with van der Waals surface area (Å²) in [6.07, 6.45) is -2.63. The van der Waals surface area contributed by atoms with Crippen molar-refractivity contribution < 1.29 is 32.2 Å². The number of carboxylic acids is 1. The van der Waals surface area contributed by atoms with Gasteiger partial charge in [0, 0.05) is 11.6 Å². The molecular weight excluding hydrogens is 450 g/mol. The molecule has 4 nitrogen and oxygen atoms in total. The van der Waals surface area contributed by atoms with E-state index in [-0.39, 0.29) is 30.9 Å². The van der Waals surface area contributed by atoms with Crippen molar-refractivity contribution in [2.24, 2.45) is 11.8 Å². The highest BCUT2D eigenvalue weighted by Gasteiger charge is 2.41. The molecule has 34 heavy (non-hydrogen) atoms. The van der Waals surface area contributed by atoms with Crippen LogP contribution in [-0.2, 0) is 11.5 Å². The fraction of sp³-hybridized carbons (Fsp3) is 0.577. The first-order chi connectivity index (χ1) is 16.2. The van der Waals surface area contributed by atoms with Gasteiger partial charge in [-0.15, -0.1) is 0 Å². The van der Waals surface area contributed by atoms with Gasteiger partial charge in [0.2, 0.25) is 0 Å². The number of carboxylic acid groups (broad SMARTS) is 1. The number of alkyl halides is 4. The molecule has 4 rings (SSSR count). The Morgan fingerprint density at radius 3 is 2.32 bits per heavy atom. The molecule has 1 saturated heterocycles. The van der Waals surface area contributed by atoms with Gasteiger partial charge in [-0.1, -0.05) is 18.2 Å². The molecule has 0 spiro atoms. The lowest BCUT2D eigenvalue weighted by atomic mass is 9.87. The van der Waals surface area contributed by atoms with Gasteiger partial charge in [0.1, 0.15) is 12.4 Å². The van der Waals surface area contributed by atoms with Crippen LogP contribution in [-0.4, -0.2) is 41.3 Å². The molecular formula is C26H31F4NO3. The summed E-state index contributed by atoms with van der Waals surface area (Å²) in [6.45, 7) is 2.72. The molecule has 2 aromatic carbocycles. The minimum Gasteiger partial charge on any atom is -0.490 e. The molecule has 1 unspecified atom stereocenters. The van der Waals surface area contributed by atoms with Gasteiger partial charge >= 0.3 is 12.1 Å². The van der Waals surface area contributed by atoms with Crippen LogP contribution >= 0.6 is 0 Å².